The summed E-state index contributed by atoms with van der Waals surface area (Å²) in [6, 6.07) is 8.64. The molecule has 0 radical (unpaired) electrons. The molecule has 0 aliphatic carbocycles. The van der Waals surface area contributed by atoms with E-state index in [9.17, 15) is 4.79 Å². The van der Waals surface area contributed by atoms with Crippen LogP contribution in [-0.2, 0) is 21.5 Å². The van der Waals surface area contributed by atoms with Crippen molar-refractivity contribution < 1.29 is 9.53 Å². The Morgan fingerprint density at radius 1 is 1.15 bits per heavy atom. The fourth-order valence-corrected chi connectivity index (χ4v) is 2.04. The average molecular weight is 277 g/mol. The van der Waals surface area contributed by atoms with Gasteiger partial charge in [-0.05, 0) is 30.0 Å². The summed E-state index contributed by atoms with van der Waals surface area (Å²) in [5.74, 6) is -0.152. The van der Waals surface area contributed by atoms with E-state index in [1.807, 2.05) is 6.92 Å². The van der Waals surface area contributed by atoms with E-state index in [2.05, 4.69) is 56.9 Å². The lowest BCUT2D eigenvalue weighted by Gasteiger charge is -2.21. The number of benzene rings is 1. The Labute approximate surface area is 122 Å². The van der Waals surface area contributed by atoms with Crippen LogP contribution in [0.5, 0.6) is 0 Å². The molecule has 0 aliphatic rings. The molecule has 0 amide bonds. The molecule has 0 atom stereocenters. The molecular weight excluding hydrogens is 250 g/mol. The summed E-state index contributed by atoms with van der Waals surface area (Å²) in [6.45, 7) is 12.9. The highest BCUT2D eigenvalue weighted by Crippen LogP contribution is 2.22. The van der Waals surface area contributed by atoms with Gasteiger partial charge in [0.25, 0.3) is 0 Å². The van der Waals surface area contributed by atoms with Gasteiger partial charge in [0.1, 0.15) is 0 Å². The quantitative estimate of drug-likeness (QED) is 0.747. The third kappa shape index (κ3) is 5.33. The number of carbonyl (C=O) groups excluding carboxylic acids is 1. The smallest absolute Gasteiger partial charge is 0.320 e. The highest BCUT2D eigenvalue weighted by Gasteiger charge is 2.14. The van der Waals surface area contributed by atoms with E-state index in [1.165, 1.54) is 11.1 Å². The predicted molar refractivity (Wildman–Crippen MR) is 82.7 cm³/mol. The Kier molecular flexibility index (Phi) is 6.21. The fourth-order valence-electron chi connectivity index (χ4n) is 2.04. The maximum absolute atomic E-state index is 11.5. The number of hydrogen-bond donors (Lipinski definition) is 0. The van der Waals surface area contributed by atoms with Crippen LogP contribution >= 0.6 is 0 Å². The third-order valence-electron chi connectivity index (χ3n) is 3.33. The second-order valence-corrected chi connectivity index (χ2v) is 6.06. The lowest BCUT2D eigenvalue weighted by atomic mass is 9.87. The Morgan fingerprint density at radius 3 is 2.20 bits per heavy atom. The van der Waals surface area contributed by atoms with Crippen LogP contribution in [0.25, 0.3) is 0 Å². The van der Waals surface area contributed by atoms with Crippen LogP contribution in [0.2, 0.25) is 0 Å². The highest BCUT2D eigenvalue weighted by atomic mass is 16.5. The number of nitrogens with zero attached hydrogens (tertiary/aromatic N) is 1. The molecule has 0 N–H and O–H groups in total. The van der Waals surface area contributed by atoms with Crippen molar-refractivity contribution >= 4 is 5.97 Å². The molecule has 20 heavy (non-hydrogen) atoms. The molecule has 0 spiro atoms. The van der Waals surface area contributed by atoms with Gasteiger partial charge in [-0.15, -0.1) is 0 Å². The van der Waals surface area contributed by atoms with Gasteiger partial charge in [-0.1, -0.05) is 52.0 Å². The number of hydrogen-bond acceptors (Lipinski definition) is 3. The first-order chi connectivity index (χ1) is 9.36. The van der Waals surface area contributed by atoms with Crippen LogP contribution in [0.1, 0.15) is 45.7 Å². The maximum Gasteiger partial charge on any atom is 0.320 e. The van der Waals surface area contributed by atoms with Crippen molar-refractivity contribution in [1.82, 2.24) is 4.90 Å². The van der Waals surface area contributed by atoms with Crippen molar-refractivity contribution in [3.63, 3.8) is 0 Å². The largest absolute Gasteiger partial charge is 0.465 e. The summed E-state index contributed by atoms with van der Waals surface area (Å²) in [6.07, 6.45) is 0. The molecule has 0 fully saturated rings. The molecule has 3 heteroatoms. The topological polar surface area (TPSA) is 29.5 Å². The zero-order valence-corrected chi connectivity index (χ0v) is 13.4. The molecule has 0 aromatic heterocycles. The normalized spacial score (nSPS) is 11.7. The maximum atomic E-state index is 11.5. The van der Waals surface area contributed by atoms with E-state index in [0.717, 1.165) is 13.1 Å². The van der Waals surface area contributed by atoms with E-state index in [0.29, 0.717) is 13.2 Å². The van der Waals surface area contributed by atoms with Crippen molar-refractivity contribution in [2.75, 3.05) is 19.7 Å². The molecule has 0 unspecified atom stereocenters. The number of ether oxygens (including phenoxy) is 1. The van der Waals surface area contributed by atoms with E-state index < -0.39 is 0 Å². The third-order valence-corrected chi connectivity index (χ3v) is 3.33. The minimum absolute atomic E-state index is 0.152. The molecule has 3 nitrogen and oxygen atoms in total. The molecule has 1 aromatic carbocycles. The summed E-state index contributed by atoms with van der Waals surface area (Å²) in [4.78, 5) is 13.6. The van der Waals surface area contributed by atoms with Gasteiger partial charge < -0.3 is 4.74 Å². The van der Waals surface area contributed by atoms with E-state index in [-0.39, 0.29) is 11.4 Å². The zero-order chi connectivity index (χ0) is 15.2. The van der Waals surface area contributed by atoms with E-state index in [4.69, 9.17) is 4.74 Å². The van der Waals surface area contributed by atoms with Gasteiger partial charge in [-0.3, -0.25) is 9.69 Å². The summed E-state index contributed by atoms with van der Waals surface area (Å²) in [5, 5.41) is 0. The van der Waals surface area contributed by atoms with Crippen molar-refractivity contribution in [2.45, 2.75) is 46.6 Å². The Hall–Kier alpha value is -1.35. The summed E-state index contributed by atoms with van der Waals surface area (Å²) >= 11 is 0. The second-order valence-electron chi connectivity index (χ2n) is 6.06. The van der Waals surface area contributed by atoms with Crippen LogP contribution in [0, 0.1) is 0 Å². The molecule has 1 aromatic rings. The molecule has 1 rings (SSSR count). The standard InChI is InChI=1S/C17H27NO2/c1-6-18(13-16(19)20-7-2)12-14-8-10-15(11-9-14)17(3,4)5/h8-11H,6-7,12-13H2,1-5H3. The lowest BCUT2D eigenvalue weighted by Crippen LogP contribution is -2.30. The highest BCUT2D eigenvalue weighted by molar-refractivity contribution is 5.71. The Morgan fingerprint density at radius 2 is 1.75 bits per heavy atom. The first-order valence-electron chi connectivity index (χ1n) is 7.34. The molecule has 0 bridgehead atoms. The van der Waals surface area contributed by atoms with Crippen LogP contribution in [0.3, 0.4) is 0 Å². The molecule has 0 aliphatic heterocycles. The van der Waals surface area contributed by atoms with Crippen LogP contribution in [0.15, 0.2) is 24.3 Å². The van der Waals surface area contributed by atoms with Crippen molar-refractivity contribution in [1.29, 1.82) is 0 Å². The SMILES string of the molecule is CCOC(=O)CN(CC)Cc1ccc(C(C)(C)C)cc1. The first-order valence-corrected chi connectivity index (χ1v) is 7.34. The molecule has 0 heterocycles. The van der Waals surface area contributed by atoms with E-state index >= 15 is 0 Å². The van der Waals surface area contributed by atoms with Gasteiger partial charge in [-0.2, -0.15) is 0 Å². The summed E-state index contributed by atoms with van der Waals surface area (Å²) < 4.78 is 5.00. The number of esters is 1. The summed E-state index contributed by atoms with van der Waals surface area (Å²) in [5.41, 5.74) is 2.73. The number of carbonyl (C=O) groups is 1. The van der Waals surface area contributed by atoms with E-state index in [1.54, 1.807) is 0 Å². The minimum atomic E-state index is -0.152. The first kappa shape index (κ1) is 16.7. The molecule has 112 valence electrons. The van der Waals surface area contributed by atoms with Crippen molar-refractivity contribution in [2.24, 2.45) is 0 Å². The summed E-state index contributed by atoms with van der Waals surface area (Å²) in [7, 11) is 0. The predicted octanol–water partition coefficient (Wildman–Crippen LogP) is 3.37. The van der Waals surface area contributed by atoms with Crippen LogP contribution < -0.4 is 0 Å². The number of rotatable bonds is 6. The van der Waals surface area contributed by atoms with Gasteiger partial charge in [0.15, 0.2) is 0 Å². The van der Waals surface area contributed by atoms with Crippen molar-refractivity contribution in [3.05, 3.63) is 35.4 Å². The zero-order valence-electron chi connectivity index (χ0n) is 13.4. The van der Waals surface area contributed by atoms with Gasteiger partial charge in [0.05, 0.1) is 13.2 Å². The molecule has 0 saturated heterocycles. The number of likely N-dealkylation sites (N-methyl/N-ethyl adjacent to an activating group) is 1. The van der Waals surface area contributed by atoms with Gasteiger partial charge >= 0.3 is 5.97 Å². The van der Waals surface area contributed by atoms with Gasteiger partial charge in [0.2, 0.25) is 0 Å². The monoisotopic (exact) mass is 277 g/mol. The molecule has 0 saturated carbocycles. The van der Waals surface area contributed by atoms with Gasteiger partial charge in [0, 0.05) is 6.54 Å². The lowest BCUT2D eigenvalue weighted by molar-refractivity contribution is -0.144. The molecular formula is C17H27NO2. The Balaban J connectivity index is 2.64. The van der Waals surface area contributed by atoms with Crippen LogP contribution in [0.4, 0.5) is 0 Å². The van der Waals surface area contributed by atoms with Crippen LogP contribution in [-0.4, -0.2) is 30.6 Å². The van der Waals surface area contributed by atoms with Gasteiger partial charge in [-0.25, -0.2) is 0 Å². The average Bonchev–Trinajstić information content (AvgIpc) is 2.37. The van der Waals surface area contributed by atoms with Crippen molar-refractivity contribution in [3.8, 4) is 0 Å². The Bertz CT molecular complexity index is 418. The minimum Gasteiger partial charge on any atom is -0.465 e. The fraction of sp³-hybridized carbons (Fsp3) is 0.588. The second kappa shape index (κ2) is 7.44.